The third-order valence-electron chi connectivity index (χ3n) is 3.33. The number of carbonyl (C=O) groups is 1. The third-order valence-corrected chi connectivity index (χ3v) is 3.33. The molecule has 1 heterocycles. The number of methoxy groups -OCH3 is 1. The molecule has 0 amide bonds. The molecule has 1 aliphatic rings. The van der Waals surface area contributed by atoms with Gasteiger partial charge in [-0.05, 0) is 24.6 Å². The van der Waals surface area contributed by atoms with Crippen molar-refractivity contribution in [1.29, 1.82) is 0 Å². The van der Waals surface area contributed by atoms with E-state index in [4.69, 9.17) is 14.2 Å². The van der Waals surface area contributed by atoms with E-state index in [2.05, 4.69) is 5.32 Å². The molecule has 0 radical (unpaired) electrons. The Labute approximate surface area is 117 Å². The SMILES string of the molecule is COCCNC(C)(C(=O)O)c1ccc2c(c1)OCCO2. The molecule has 0 bridgehead atoms. The topological polar surface area (TPSA) is 77.0 Å². The number of nitrogens with one attached hydrogen (secondary N) is 1. The van der Waals surface area contributed by atoms with Crippen molar-refractivity contribution in [1.82, 2.24) is 5.32 Å². The maximum atomic E-state index is 11.6. The van der Waals surface area contributed by atoms with Crippen molar-refractivity contribution in [2.75, 3.05) is 33.5 Å². The van der Waals surface area contributed by atoms with Crippen molar-refractivity contribution in [3.8, 4) is 11.5 Å². The van der Waals surface area contributed by atoms with Crippen molar-refractivity contribution in [2.24, 2.45) is 0 Å². The number of hydrogen-bond donors (Lipinski definition) is 2. The Morgan fingerprint density at radius 1 is 1.40 bits per heavy atom. The Kier molecular flexibility index (Phi) is 4.46. The molecule has 6 heteroatoms. The van der Waals surface area contributed by atoms with Crippen LogP contribution in [-0.2, 0) is 15.1 Å². The van der Waals surface area contributed by atoms with Gasteiger partial charge in [-0.2, -0.15) is 0 Å². The van der Waals surface area contributed by atoms with E-state index >= 15 is 0 Å². The molecule has 1 atom stereocenters. The van der Waals surface area contributed by atoms with Gasteiger partial charge in [-0.1, -0.05) is 6.07 Å². The summed E-state index contributed by atoms with van der Waals surface area (Å²) in [4.78, 5) is 11.6. The number of carboxylic acids is 1. The van der Waals surface area contributed by atoms with Gasteiger partial charge in [-0.15, -0.1) is 0 Å². The van der Waals surface area contributed by atoms with Gasteiger partial charge in [0.2, 0.25) is 0 Å². The van der Waals surface area contributed by atoms with Gasteiger partial charge in [0.05, 0.1) is 6.61 Å². The fraction of sp³-hybridized carbons (Fsp3) is 0.500. The first-order valence-corrected chi connectivity index (χ1v) is 6.45. The van der Waals surface area contributed by atoms with E-state index < -0.39 is 11.5 Å². The first-order chi connectivity index (χ1) is 9.58. The van der Waals surface area contributed by atoms with E-state index in [1.807, 2.05) is 0 Å². The van der Waals surface area contributed by atoms with Crippen molar-refractivity contribution in [3.63, 3.8) is 0 Å². The fourth-order valence-electron chi connectivity index (χ4n) is 2.06. The lowest BCUT2D eigenvalue weighted by Crippen LogP contribution is -2.47. The predicted octanol–water partition coefficient (Wildman–Crippen LogP) is 0.994. The van der Waals surface area contributed by atoms with Crippen LogP contribution in [0.2, 0.25) is 0 Å². The zero-order valence-electron chi connectivity index (χ0n) is 11.6. The Morgan fingerprint density at radius 3 is 2.75 bits per heavy atom. The van der Waals surface area contributed by atoms with Crippen LogP contribution in [0.3, 0.4) is 0 Å². The zero-order valence-corrected chi connectivity index (χ0v) is 11.6. The van der Waals surface area contributed by atoms with Crippen molar-refractivity contribution >= 4 is 5.97 Å². The van der Waals surface area contributed by atoms with Crippen LogP contribution in [0.1, 0.15) is 12.5 Å². The van der Waals surface area contributed by atoms with Gasteiger partial charge >= 0.3 is 5.97 Å². The summed E-state index contributed by atoms with van der Waals surface area (Å²) in [5, 5.41) is 12.5. The average molecular weight is 281 g/mol. The molecule has 0 aromatic heterocycles. The van der Waals surface area contributed by atoms with E-state index in [1.165, 1.54) is 0 Å². The Bertz CT molecular complexity index is 490. The lowest BCUT2D eigenvalue weighted by molar-refractivity contribution is -0.144. The Hall–Kier alpha value is -1.79. The summed E-state index contributed by atoms with van der Waals surface area (Å²) in [6.07, 6.45) is 0. The van der Waals surface area contributed by atoms with Gasteiger partial charge in [-0.3, -0.25) is 5.32 Å². The summed E-state index contributed by atoms with van der Waals surface area (Å²) in [6.45, 7) is 3.48. The van der Waals surface area contributed by atoms with Crippen molar-refractivity contribution in [3.05, 3.63) is 23.8 Å². The first kappa shape index (κ1) is 14.6. The normalized spacial score (nSPS) is 16.5. The second kappa shape index (κ2) is 6.11. The minimum Gasteiger partial charge on any atom is -0.486 e. The molecule has 2 N–H and O–H groups in total. The minimum absolute atomic E-state index is 0.438. The van der Waals surface area contributed by atoms with E-state index in [0.717, 1.165) is 0 Å². The predicted molar refractivity (Wildman–Crippen MR) is 72.3 cm³/mol. The molecule has 1 aromatic rings. The summed E-state index contributed by atoms with van der Waals surface area (Å²) in [7, 11) is 1.57. The molecule has 0 fully saturated rings. The van der Waals surface area contributed by atoms with Crippen LogP contribution in [0.25, 0.3) is 0 Å². The quantitative estimate of drug-likeness (QED) is 0.757. The number of carboxylic acid groups (broad SMARTS) is 1. The van der Waals surface area contributed by atoms with Crippen LogP contribution in [0.5, 0.6) is 11.5 Å². The van der Waals surface area contributed by atoms with E-state index in [-0.39, 0.29) is 0 Å². The highest BCUT2D eigenvalue weighted by atomic mass is 16.6. The molecular formula is C14H19NO5. The summed E-state index contributed by atoms with van der Waals surface area (Å²) < 4.78 is 15.9. The molecule has 6 nitrogen and oxygen atoms in total. The third kappa shape index (κ3) is 2.86. The number of rotatable bonds is 6. The maximum Gasteiger partial charge on any atom is 0.328 e. The van der Waals surface area contributed by atoms with Gasteiger partial charge in [0, 0.05) is 13.7 Å². The van der Waals surface area contributed by atoms with Crippen LogP contribution < -0.4 is 14.8 Å². The van der Waals surface area contributed by atoms with Gasteiger partial charge in [0.15, 0.2) is 11.5 Å². The number of benzene rings is 1. The molecule has 0 saturated carbocycles. The molecule has 1 aromatic carbocycles. The molecule has 0 spiro atoms. The molecule has 20 heavy (non-hydrogen) atoms. The average Bonchev–Trinajstić information content (AvgIpc) is 2.46. The summed E-state index contributed by atoms with van der Waals surface area (Å²) in [6, 6.07) is 5.19. The van der Waals surface area contributed by atoms with E-state index in [1.54, 1.807) is 32.2 Å². The minimum atomic E-state index is -1.20. The van der Waals surface area contributed by atoms with Crippen LogP contribution in [0.4, 0.5) is 0 Å². The molecule has 1 unspecified atom stereocenters. The largest absolute Gasteiger partial charge is 0.486 e. The monoisotopic (exact) mass is 281 g/mol. The van der Waals surface area contributed by atoms with Crippen LogP contribution in [0, 0.1) is 0 Å². The van der Waals surface area contributed by atoms with Gasteiger partial charge in [0.25, 0.3) is 0 Å². The standard InChI is InChI=1S/C14H19NO5/c1-14(13(16)17,15-5-6-18-2)10-3-4-11-12(9-10)20-8-7-19-11/h3-4,9,15H,5-8H2,1-2H3,(H,16,17). The van der Waals surface area contributed by atoms with Crippen LogP contribution in [-0.4, -0.2) is 44.6 Å². The molecule has 0 aliphatic carbocycles. The van der Waals surface area contributed by atoms with Gasteiger partial charge in [-0.25, -0.2) is 4.79 Å². The molecular weight excluding hydrogens is 262 g/mol. The van der Waals surface area contributed by atoms with Crippen LogP contribution in [0.15, 0.2) is 18.2 Å². The Morgan fingerprint density at radius 2 is 2.10 bits per heavy atom. The van der Waals surface area contributed by atoms with Crippen LogP contribution >= 0.6 is 0 Å². The summed E-state index contributed by atoms with van der Waals surface area (Å²) in [5.41, 5.74) is -0.584. The molecule has 1 aliphatic heterocycles. The van der Waals surface area contributed by atoms with Gasteiger partial charge < -0.3 is 19.3 Å². The highest BCUT2D eigenvalue weighted by Crippen LogP contribution is 2.34. The Balaban J connectivity index is 2.26. The van der Waals surface area contributed by atoms with E-state index in [0.29, 0.717) is 43.4 Å². The summed E-state index contributed by atoms with van der Waals surface area (Å²) in [5.74, 6) is 0.268. The lowest BCUT2D eigenvalue weighted by Gasteiger charge is -2.28. The summed E-state index contributed by atoms with van der Waals surface area (Å²) >= 11 is 0. The molecule has 2 rings (SSSR count). The number of fused-ring (bicyclic) bond motifs is 1. The highest BCUT2D eigenvalue weighted by molar-refractivity contribution is 5.80. The maximum absolute atomic E-state index is 11.6. The second-order valence-electron chi connectivity index (χ2n) is 4.71. The van der Waals surface area contributed by atoms with Gasteiger partial charge in [0.1, 0.15) is 18.8 Å². The smallest absolute Gasteiger partial charge is 0.328 e. The second-order valence-corrected chi connectivity index (χ2v) is 4.71. The van der Waals surface area contributed by atoms with E-state index in [9.17, 15) is 9.90 Å². The molecule has 0 saturated heterocycles. The lowest BCUT2D eigenvalue weighted by atomic mass is 9.91. The molecule has 110 valence electrons. The highest BCUT2D eigenvalue weighted by Gasteiger charge is 2.35. The van der Waals surface area contributed by atoms with Crippen molar-refractivity contribution < 1.29 is 24.1 Å². The number of hydrogen-bond acceptors (Lipinski definition) is 5. The first-order valence-electron chi connectivity index (χ1n) is 6.45. The fourth-order valence-corrected chi connectivity index (χ4v) is 2.06. The zero-order chi connectivity index (χ0) is 14.6. The number of aliphatic carboxylic acids is 1. The van der Waals surface area contributed by atoms with Crippen molar-refractivity contribution in [2.45, 2.75) is 12.5 Å². The number of ether oxygens (including phenoxy) is 3.